The molecule has 4 unspecified atom stereocenters. The lowest BCUT2D eigenvalue weighted by Crippen LogP contribution is -2.49. The average Bonchev–Trinajstić information content (AvgIpc) is 2.50. The first-order chi connectivity index (χ1) is 7.29. The van der Waals surface area contributed by atoms with Crippen LogP contribution in [0.5, 0.6) is 0 Å². The van der Waals surface area contributed by atoms with Crippen LogP contribution in [0.25, 0.3) is 0 Å². The van der Waals surface area contributed by atoms with Crippen LogP contribution < -0.4 is 5.32 Å². The third kappa shape index (κ3) is 1.41. The molecule has 0 saturated heterocycles. The van der Waals surface area contributed by atoms with Gasteiger partial charge in [0.2, 0.25) is 5.91 Å². The van der Waals surface area contributed by atoms with Crippen LogP contribution in [0, 0.1) is 16.7 Å². The zero-order valence-corrected chi connectivity index (χ0v) is 10.7. The SMILES string of the molecule is CC(O)C(=O)NC1CC2CCC1(C)C2(C)C. The fourth-order valence-electron chi connectivity index (χ4n) is 3.71. The van der Waals surface area contributed by atoms with Crippen LogP contribution >= 0.6 is 0 Å². The van der Waals surface area contributed by atoms with Crippen molar-refractivity contribution in [2.75, 3.05) is 0 Å². The molecule has 0 radical (unpaired) electrons. The quantitative estimate of drug-likeness (QED) is 0.751. The van der Waals surface area contributed by atoms with Crippen molar-refractivity contribution in [2.45, 2.75) is 59.1 Å². The summed E-state index contributed by atoms with van der Waals surface area (Å²) in [4.78, 5) is 11.6. The number of carbonyl (C=O) groups excluding carboxylic acids is 1. The van der Waals surface area contributed by atoms with E-state index in [1.54, 1.807) is 0 Å². The first-order valence-corrected chi connectivity index (χ1v) is 6.27. The highest BCUT2D eigenvalue weighted by Crippen LogP contribution is 2.65. The first kappa shape index (κ1) is 11.9. The number of fused-ring (bicyclic) bond motifs is 2. The number of aliphatic hydroxyl groups excluding tert-OH is 1. The third-order valence-electron chi connectivity index (χ3n) is 5.49. The number of carbonyl (C=O) groups is 1. The van der Waals surface area contributed by atoms with E-state index in [0.717, 1.165) is 12.3 Å². The summed E-state index contributed by atoms with van der Waals surface area (Å²) in [7, 11) is 0. The summed E-state index contributed by atoms with van der Waals surface area (Å²) in [6.07, 6.45) is 2.65. The molecule has 1 amide bonds. The van der Waals surface area contributed by atoms with Crippen molar-refractivity contribution < 1.29 is 9.90 Å². The van der Waals surface area contributed by atoms with Gasteiger partial charge in [0.15, 0.2) is 0 Å². The standard InChI is InChI=1S/C13H23NO2/c1-8(15)11(16)14-10-7-9-5-6-13(10,4)12(9,2)3/h8-10,15H,5-7H2,1-4H3,(H,14,16). The largest absolute Gasteiger partial charge is 0.384 e. The van der Waals surface area contributed by atoms with E-state index >= 15 is 0 Å². The van der Waals surface area contributed by atoms with Crippen molar-refractivity contribution in [2.24, 2.45) is 16.7 Å². The van der Waals surface area contributed by atoms with Gasteiger partial charge in [-0.05, 0) is 42.9 Å². The van der Waals surface area contributed by atoms with E-state index in [4.69, 9.17) is 0 Å². The Balaban J connectivity index is 2.13. The van der Waals surface area contributed by atoms with Gasteiger partial charge in [0, 0.05) is 6.04 Å². The molecule has 4 atom stereocenters. The molecule has 2 aliphatic rings. The van der Waals surface area contributed by atoms with Crippen LogP contribution in [0.15, 0.2) is 0 Å². The van der Waals surface area contributed by atoms with E-state index in [1.807, 2.05) is 0 Å². The van der Waals surface area contributed by atoms with E-state index in [0.29, 0.717) is 5.41 Å². The molecule has 2 fully saturated rings. The summed E-state index contributed by atoms with van der Waals surface area (Å²) in [5.41, 5.74) is 0.506. The van der Waals surface area contributed by atoms with Gasteiger partial charge in [-0.2, -0.15) is 0 Å². The van der Waals surface area contributed by atoms with Crippen LogP contribution in [-0.2, 0) is 4.79 Å². The molecule has 0 aromatic carbocycles. The maximum atomic E-state index is 11.6. The molecule has 2 saturated carbocycles. The van der Waals surface area contributed by atoms with Gasteiger partial charge < -0.3 is 10.4 Å². The second kappa shape index (κ2) is 3.46. The molecule has 2 bridgehead atoms. The summed E-state index contributed by atoms with van der Waals surface area (Å²) in [5.74, 6) is 0.492. The number of aliphatic hydroxyl groups is 1. The van der Waals surface area contributed by atoms with Crippen molar-refractivity contribution in [3.05, 3.63) is 0 Å². The Morgan fingerprint density at radius 1 is 1.44 bits per heavy atom. The normalized spacial score (nSPS) is 42.1. The third-order valence-corrected chi connectivity index (χ3v) is 5.49. The molecule has 2 aliphatic carbocycles. The Hall–Kier alpha value is -0.570. The zero-order chi connectivity index (χ0) is 12.1. The van der Waals surface area contributed by atoms with Crippen LogP contribution in [0.3, 0.4) is 0 Å². The van der Waals surface area contributed by atoms with Crippen molar-refractivity contribution >= 4 is 5.91 Å². The van der Waals surface area contributed by atoms with E-state index < -0.39 is 6.10 Å². The molecule has 3 heteroatoms. The fraction of sp³-hybridized carbons (Fsp3) is 0.923. The van der Waals surface area contributed by atoms with Crippen molar-refractivity contribution in [3.63, 3.8) is 0 Å². The molecule has 0 aliphatic heterocycles. The monoisotopic (exact) mass is 225 g/mol. The minimum absolute atomic E-state index is 0.197. The Morgan fingerprint density at radius 3 is 2.44 bits per heavy atom. The molecule has 2 N–H and O–H groups in total. The summed E-state index contributed by atoms with van der Waals surface area (Å²) < 4.78 is 0. The Kier molecular flexibility index (Phi) is 2.57. The van der Waals surface area contributed by atoms with Crippen molar-refractivity contribution in [3.8, 4) is 0 Å². The molecule has 0 aromatic rings. The Bertz CT molecular complexity index is 311. The highest BCUT2D eigenvalue weighted by Gasteiger charge is 2.61. The lowest BCUT2D eigenvalue weighted by atomic mass is 9.69. The lowest BCUT2D eigenvalue weighted by molar-refractivity contribution is -0.130. The van der Waals surface area contributed by atoms with Gasteiger partial charge in [0.1, 0.15) is 6.10 Å². The minimum atomic E-state index is -0.897. The summed E-state index contributed by atoms with van der Waals surface area (Å²) >= 11 is 0. The van der Waals surface area contributed by atoms with Gasteiger partial charge in [-0.3, -0.25) is 4.79 Å². The highest BCUT2D eigenvalue weighted by atomic mass is 16.3. The summed E-state index contributed by atoms with van der Waals surface area (Å²) in [5, 5.41) is 12.3. The van der Waals surface area contributed by atoms with Gasteiger partial charge >= 0.3 is 0 Å². The number of amides is 1. The molecule has 0 spiro atoms. The van der Waals surface area contributed by atoms with E-state index in [1.165, 1.54) is 19.8 Å². The number of rotatable bonds is 2. The average molecular weight is 225 g/mol. The fourth-order valence-corrected chi connectivity index (χ4v) is 3.71. The molecular formula is C13H23NO2. The summed E-state index contributed by atoms with van der Waals surface area (Å²) in [6.45, 7) is 8.45. The number of hydrogen-bond acceptors (Lipinski definition) is 2. The van der Waals surface area contributed by atoms with Gasteiger partial charge in [-0.25, -0.2) is 0 Å². The molecule has 16 heavy (non-hydrogen) atoms. The highest BCUT2D eigenvalue weighted by molar-refractivity contribution is 5.80. The zero-order valence-electron chi connectivity index (χ0n) is 10.7. The van der Waals surface area contributed by atoms with Gasteiger partial charge in [0.25, 0.3) is 0 Å². The van der Waals surface area contributed by atoms with E-state index in [2.05, 4.69) is 26.1 Å². The van der Waals surface area contributed by atoms with Gasteiger partial charge in [0.05, 0.1) is 0 Å². The molecule has 3 nitrogen and oxygen atoms in total. The van der Waals surface area contributed by atoms with E-state index in [9.17, 15) is 9.90 Å². The predicted octanol–water partition coefficient (Wildman–Crippen LogP) is 1.70. The lowest BCUT2D eigenvalue weighted by Gasteiger charge is -2.39. The molecular weight excluding hydrogens is 202 g/mol. The molecule has 2 rings (SSSR count). The first-order valence-electron chi connectivity index (χ1n) is 6.27. The molecule has 92 valence electrons. The van der Waals surface area contributed by atoms with Gasteiger partial charge in [-0.1, -0.05) is 20.8 Å². The molecule has 0 aromatic heterocycles. The predicted molar refractivity (Wildman–Crippen MR) is 62.8 cm³/mol. The Morgan fingerprint density at radius 2 is 2.06 bits per heavy atom. The van der Waals surface area contributed by atoms with Gasteiger partial charge in [-0.15, -0.1) is 0 Å². The van der Waals surface area contributed by atoms with Crippen LogP contribution in [-0.4, -0.2) is 23.2 Å². The summed E-state index contributed by atoms with van der Waals surface area (Å²) in [6, 6.07) is 0.239. The second-order valence-corrected chi connectivity index (χ2v) is 6.35. The maximum absolute atomic E-state index is 11.6. The van der Waals surface area contributed by atoms with E-state index in [-0.39, 0.29) is 17.4 Å². The second-order valence-electron chi connectivity index (χ2n) is 6.35. The van der Waals surface area contributed by atoms with Crippen molar-refractivity contribution in [1.82, 2.24) is 5.32 Å². The van der Waals surface area contributed by atoms with Crippen molar-refractivity contribution in [1.29, 1.82) is 0 Å². The van der Waals surface area contributed by atoms with Crippen LogP contribution in [0.1, 0.15) is 47.0 Å². The minimum Gasteiger partial charge on any atom is -0.384 e. The smallest absolute Gasteiger partial charge is 0.248 e. The Labute approximate surface area is 97.6 Å². The maximum Gasteiger partial charge on any atom is 0.248 e. The topological polar surface area (TPSA) is 49.3 Å². The number of nitrogens with one attached hydrogen (secondary N) is 1. The van der Waals surface area contributed by atoms with Crippen LogP contribution in [0.2, 0.25) is 0 Å². The van der Waals surface area contributed by atoms with Crippen LogP contribution in [0.4, 0.5) is 0 Å². The molecule has 0 heterocycles. The number of hydrogen-bond donors (Lipinski definition) is 2.